The fourth-order valence-corrected chi connectivity index (χ4v) is 2.22. The summed E-state index contributed by atoms with van der Waals surface area (Å²) in [5, 5.41) is 8.29. The normalized spacial score (nSPS) is 19.1. The average Bonchev–Trinajstić information content (AvgIpc) is 2.62. The summed E-state index contributed by atoms with van der Waals surface area (Å²) >= 11 is 0. The van der Waals surface area contributed by atoms with Gasteiger partial charge in [0.25, 0.3) is 0 Å². The molecule has 1 saturated carbocycles. The Morgan fingerprint density at radius 3 is 2.64 bits per heavy atom. The third-order valence-electron chi connectivity index (χ3n) is 3.20. The standard InChI is InChI=1S/C11H17NO2/c1-10(13)11(4-2-3-5-11)6-8-14-9-7-12/h2-6,8-9H2,1H3. The Morgan fingerprint density at radius 2 is 2.14 bits per heavy atom. The van der Waals surface area contributed by atoms with Gasteiger partial charge in [-0.3, -0.25) is 4.79 Å². The van der Waals surface area contributed by atoms with Gasteiger partial charge in [-0.15, -0.1) is 0 Å². The van der Waals surface area contributed by atoms with E-state index in [9.17, 15) is 4.79 Å². The SMILES string of the molecule is CC(=O)C1(CCOCC#N)CCCC1. The van der Waals surface area contributed by atoms with Crippen molar-refractivity contribution in [2.45, 2.75) is 39.0 Å². The van der Waals surface area contributed by atoms with Gasteiger partial charge in [0.15, 0.2) is 0 Å². The first-order chi connectivity index (χ1) is 6.71. The van der Waals surface area contributed by atoms with E-state index in [0.29, 0.717) is 6.61 Å². The van der Waals surface area contributed by atoms with E-state index in [1.54, 1.807) is 6.92 Å². The van der Waals surface area contributed by atoms with Crippen molar-refractivity contribution in [3.63, 3.8) is 0 Å². The van der Waals surface area contributed by atoms with Crippen LogP contribution in [0, 0.1) is 16.7 Å². The number of rotatable bonds is 5. The van der Waals surface area contributed by atoms with Crippen LogP contribution in [0.4, 0.5) is 0 Å². The van der Waals surface area contributed by atoms with E-state index in [1.807, 2.05) is 6.07 Å². The van der Waals surface area contributed by atoms with E-state index in [0.717, 1.165) is 32.1 Å². The highest BCUT2D eigenvalue weighted by atomic mass is 16.5. The largest absolute Gasteiger partial charge is 0.367 e. The molecule has 0 spiro atoms. The summed E-state index contributed by atoms with van der Waals surface area (Å²) in [5.74, 6) is 0.288. The van der Waals surface area contributed by atoms with Crippen LogP contribution >= 0.6 is 0 Å². The van der Waals surface area contributed by atoms with Gasteiger partial charge in [-0.25, -0.2) is 0 Å². The molecule has 3 heteroatoms. The Kier molecular flexibility index (Phi) is 4.09. The molecule has 0 aliphatic heterocycles. The zero-order valence-electron chi connectivity index (χ0n) is 8.71. The predicted octanol–water partition coefficient (Wildman–Crippen LogP) is 2.07. The highest BCUT2D eigenvalue weighted by Crippen LogP contribution is 2.41. The molecule has 0 amide bonds. The molecular formula is C11H17NO2. The molecule has 0 bridgehead atoms. The summed E-state index contributed by atoms with van der Waals surface area (Å²) in [5.41, 5.74) is -0.130. The molecule has 0 unspecified atom stereocenters. The minimum Gasteiger partial charge on any atom is -0.367 e. The van der Waals surface area contributed by atoms with Crippen molar-refractivity contribution in [1.82, 2.24) is 0 Å². The average molecular weight is 195 g/mol. The van der Waals surface area contributed by atoms with Crippen LogP contribution in [0.1, 0.15) is 39.0 Å². The molecule has 14 heavy (non-hydrogen) atoms. The lowest BCUT2D eigenvalue weighted by molar-refractivity contribution is -0.127. The summed E-state index contributed by atoms with van der Waals surface area (Å²) in [6, 6.07) is 1.93. The van der Waals surface area contributed by atoms with Gasteiger partial charge in [-0.05, 0) is 26.2 Å². The zero-order valence-corrected chi connectivity index (χ0v) is 8.71. The van der Waals surface area contributed by atoms with E-state index in [1.165, 1.54) is 0 Å². The maximum atomic E-state index is 11.5. The number of carbonyl (C=O) groups is 1. The Balaban J connectivity index is 2.37. The summed E-state index contributed by atoms with van der Waals surface area (Å²) < 4.78 is 5.11. The fourth-order valence-electron chi connectivity index (χ4n) is 2.22. The topological polar surface area (TPSA) is 50.1 Å². The first kappa shape index (κ1) is 11.2. The van der Waals surface area contributed by atoms with Crippen molar-refractivity contribution >= 4 is 5.78 Å². The molecule has 1 aliphatic rings. The van der Waals surface area contributed by atoms with Gasteiger partial charge in [-0.2, -0.15) is 5.26 Å². The molecule has 78 valence electrons. The lowest BCUT2D eigenvalue weighted by Gasteiger charge is -2.25. The quantitative estimate of drug-likeness (QED) is 0.631. The number of nitriles is 1. The molecule has 1 aliphatic carbocycles. The second kappa shape index (κ2) is 5.11. The molecule has 0 heterocycles. The molecule has 1 rings (SSSR count). The molecule has 0 aromatic carbocycles. The number of hydrogen-bond acceptors (Lipinski definition) is 3. The third kappa shape index (κ3) is 2.55. The van der Waals surface area contributed by atoms with Gasteiger partial charge in [0.05, 0.1) is 6.07 Å². The molecule has 3 nitrogen and oxygen atoms in total. The van der Waals surface area contributed by atoms with Gasteiger partial charge in [0.2, 0.25) is 0 Å². The van der Waals surface area contributed by atoms with Crippen molar-refractivity contribution in [1.29, 1.82) is 5.26 Å². The van der Waals surface area contributed by atoms with Gasteiger partial charge in [0, 0.05) is 12.0 Å². The Hall–Kier alpha value is -0.880. The Bertz CT molecular complexity index is 236. The highest BCUT2D eigenvalue weighted by Gasteiger charge is 2.37. The number of Topliss-reactive ketones (excluding diaryl/α,β-unsaturated/α-hetero) is 1. The number of hydrogen-bond donors (Lipinski definition) is 0. The molecule has 0 atom stereocenters. The molecule has 0 N–H and O–H groups in total. The first-order valence-electron chi connectivity index (χ1n) is 5.17. The van der Waals surface area contributed by atoms with Crippen molar-refractivity contribution in [3.8, 4) is 6.07 Å². The van der Waals surface area contributed by atoms with Crippen molar-refractivity contribution < 1.29 is 9.53 Å². The lowest BCUT2D eigenvalue weighted by atomic mass is 9.79. The minimum absolute atomic E-state index is 0.130. The second-order valence-corrected chi connectivity index (χ2v) is 4.00. The van der Waals surface area contributed by atoms with Crippen LogP contribution in [0.5, 0.6) is 0 Å². The number of ketones is 1. The zero-order chi connectivity index (χ0) is 10.4. The lowest BCUT2D eigenvalue weighted by Crippen LogP contribution is -2.27. The molecule has 0 saturated heterocycles. The van der Waals surface area contributed by atoms with Gasteiger partial charge >= 0.3 is 0 Å². The van der Waals surface area contributed by atoms with E-state index in [-0.39, 0.29) is 17.8 Å². The Labute approximate surface area is 85.1 Å². The van der Waals surface area contributed by atoms with Crippen molar-refractivity contribution in [2.75, 3.05) is 13.2 Å². The molecule has 0 aromatic rings. The number of carbonyl (C=O) groups excluding carboxylic acids is 1. The van der Waals surface area contributed by atoms with Crippen LogP contribution in [0.3, 0.4) is 0 Å². The molecular weight excluding hydrogens is 178 g/mol. The Morgan fingerprint density at radius 1 is 1.50 bits per heavy atom. The van der Waals surface area contributed by atoms with E-state index < -0.39 is 0 Å². The van der Waals surface area contributed by atoms with Crippen LogP contribution in [0.15, 0.2) is 0 Å². The van der Waals surface area contributed by atoms with Gasteiger partial charge in [-0.1, -0.05) is 12.8 Å². The van der Waals surface area contributed by atoms with Crippen LogP contribution in [0.2, 0.25) is 0 Å². The maximum Gasteiger partial charge on any atom is 0.136 e. The molecule has 1 fully saturated rings. The first-order valence-corrected chi connectivity index (χ1v) is 5.17. The van der Waals surface area contributed by atoms with Crippen molar-refractivity contribution in [2.24, 2.45) is 5.41 Å². The van der Waals surface area contributed by atoms with Crippen LogP contribution in [-0.2, 0) is 9.53 Å². The van der Waals surface area contributed by atoms with Crippen molar-refractivity contribution in [3.05, 3.63) is 0 Å². The van der Waals surface area contributed by atoms with Gasteiger partial charge < -0.3 is 4.74 Å². The maximum absolute atomic E-state index is 11.5. The third-order valence-corrected chi connectivity index (χ3v) is 3.20. The minimum atomic E-state index is -0.130. The van der Waals surface area contributed by atoms with Crippen LogP contribution in [-0.4, -0.2) is 19.0 Å². The van der Waals surface area contributed by atoms with Gasteiger partial charge in [0.1, 0.15) is 12.4 Å². The summed E-state index contributed by atoms with van der Waals surface area (Å²) in [7, 11) is 0. The van der Waals surface area contributed by atoms with E-state index in [4.69, 9.17) is 10.00 Å². The summed E-state index contributed by atoms with van der Waals surface area (Å²) in [6.45, 7) is 2.34. The predicted molar refractivity (Wildman–Crippen MR) is 52.6 cm³/mol. The summed E-state index contributed by atoms with van der Waals surface area (Å²) in [4.78, 5) is 11.5. The number of ether oxygens (including phenoxy) is 1. The molecule has 0 aromatic heterocycles. The van der Waals surface area contributed by atoms with E-state index >= 15 is 0 Å². The monoisotopic (exact) mass is 195 g/mol. The highest BCUT2D eigenvalue weighted by molar-refractivity contribution is 5.82. The number of nitrogens with zero attached hydrogens (tertiary/aromatic N) is 1. The van der Waals surface area contributed by atoms with E-state index in [2.05, 4.69) is 0 Å². The fraction of sp³-hybridized carbons (Fsp3) is 0.818. The smallest absolute Gasteiger partial charge is 0.136 e. The van der Waals surface area contributed by atoms with Crippen LogP contribution in [0.25, 0.3) is 0 Å². The molecule has 0 radical (unpaired) electrons. The second-order valence-electron chi connectivity index (χ2n) is 4.00. The van der Waals surface area contributed by atoms with Crippen LogP contribution < -0.4 is 0 Å². The summed E-state index contributed by atoms with van der Waals surface area (Å²) in [6.07, 6.45) is 5.08.